The molecule has 2 heterocycles. The Bertz CT molecular complexity index is 586. The first-order chi connectivity index (χ1) is 12.3. The van der Waals surface area contributed by atoms with Crippen LogP contribution in [0.25, 0.3) is 0 Å². The van der Waals surface area contributed by atoms with Crippen LogP contribution in [0.5, 0.6) is 5.75 Å². The maximum absolute atomic E-state index is 10.0. The number of rotatable bonds is 7. The fraction of sp³-hybridized carbons (Fsp3) is 0.684. The average molecular weight is 368 g/mol. The van der Waals surface area contributed by atoms with Crippen LogP contribution in [-0.2, 0) is 25.6 Å². The van der Waals surface area contributed by atoms with Gasteiger partial charge in [-0.25, -0.2) is 0 Å². The zero-order valence-corrected chi connectivity index (χ0v) is 15.6. The SMILES string of the molecule is CC(C)Oc1ccc(CO[C@@H]2[C@@H]3OC(C)(C)O[C@@H]3O[C@@H]2[C@H](O)CO)cc1. The Kier molecular flexibility index (Phi) is 5.86. The molecular weight excluding hydrogens is 340 g/mol. The molecule has 2 N–H and O–H groups in total. The summed E-state index contributed by atoms with van der Waals surface area (Å²) in [5.74, 6) is 0.0259. The van der Waals surface area contributed by atoms with E-state index >= 15 is 0 Å². The van der Waals surface area contributed by atoms with Crippen molar-refractivity contribution in [3.63, 3.8) is 0 Å². The molecule has 0 aliphatic carbocycles. The Morgan fingerprint density at radius 2 is 1.85 bits per heavy atom. The third-order valence-electron chi connectivity index (χ3n) is 4.33. The lowest BCUT2D eigenvalue weighted by atomic mass is 10.1. The van der Waals surface area contributed by atoms with Gasteiger partial charge in [0.05, 0.1) is 19.3 Å². The molecule has 2 aliphatic heterocycles. The molecule has 0 spiro atoms. The lowest BCUT2D eigenvalue weighted by Crippen LogP contribution is -2.44. The van der Waals surface area contributed by atoms with Gasteiger partial charge in [-0.15, -0.1) is 0 Å². The molecule has 7 heteroatoms. The van der Waals surface area contributed by atoms with Crippen molar-refractivity contribution in [2.45, 2.75) is 76.9 Å². The van der Waals surface area contributed by atoms with Crippen molar-refractivity contribution in [2.75, 3.05) is 6.61 Å². The summed E-state index contributed by atoms with van der Waals surface area (Å²) in [5.41, 5.74) is 0.958. The molecule has 1 aromatic carbocycles. The number of aliphatic hydroxyl groups excluding tert-OH is 2. The smallest absolute Gasteiger partial charge is 0.190 e. The summed E-state index contributed by atoms with van der Waals surface area (Å²) >= 11 is 0. The van der Waals surface area contributed by atoms with E-state index in [1.165, 1.54) is 0 Å². The van der Waals surface area contributed by atoms with Crippen LogP contribution >= 0.6 is 0 Å². The highest BCUT2D eigenvalue weighted by atomic mass is 16.8. The molecule has 3 rings (SSSR count). The van der Waals surface area contributed by atoms with E-state index in [4.69, 9.17) is 23.7 Å². The van der Waals surface area contributed by atoms with Crippen LogP contribution in [0.3, 0.4) is 0 Å². The van der Waals surface area contributed by atoms with Crippen molar-refractivity contribution >= 4 is 0 Å². The Labute approximate surface area is 153 Å². The van der Waals surface area contributed by atoms with Crippen LogP contribution in [0.15, 0.2) is 24.3 Å². The maximum Gasteiger partial charge on any atom is 0.190 e. The largest absolute Gasteiger partial charge is 0.491 e. The van der Waals surface area contributed by atoms with Gasteiger partial charge in [-0.05, 0) is 45.4 Å². The van der Waals surface area contributed by atoms with Crippen molar-refractivity contribution in [3.8, 4) is 5.75 Å². The molecule has 0 unspecified atom stereocenters. The highest BCUT2D eigenvalue weighted by Crippen LogP contribution is 2.39. The minimum absolute atomic E-state index is 0.119. The molecule has 146 valence electrons. The second-order valence-electron chi connectivity index (χ2n) is 7.41. The number of hydrogen-bond donors (Lipinski definition) is 2. The van der Waals surface area contributed by atoms with E-state index in [1.54, 1.807) is 13.8 Å². The fourth-order valence-electron chi connectivity index (χ4n) is 3.24. The van der Waals surface area contributed by atoms with Gasteiger partial charge >= 0.3 is 0 Å². The summed E-state index contributed by atoms with van der Waals surface area (Å²) in [5, 5.41) is 19.3. The third kappa shape index (κ3) is 4.36. The highest BCUT2D eigenvalue weighted by Gasteiger charge is 2.56. The molecule has 2 fully saturated rings. The average Bonchev–Trinajstić information content (AvgIpc) is 3.05. The van der Waals surface area contributed by atoms with E-state index in [9.17, 15) is 10.2 Å². The van der Waals surface area contributed by atoms with E-state index in [2.05, 4.69) is 0 Å². The normalized spacial score (nSPS) is 31.2. The number of benzene rings is 1. The van der Waals surface area contributed by atoms with Gasteiger partial charge in [-0.2, -0.15) is 0 Å². The number of fused-ring (bicyclic) bond motifs is 1. The second kappa shape index (κ2) is 7.80. The van der Waals surface area contributed by atoms with Gasteiger partial charge in [0.25, 0.3) is 0 Å². The molecule has 0 saturated carbocycles. The van der Waals surface area contributed by atoms with Crippen molar-refractivity contribution in [1.29, 1.82) is 0 Å². The minimum atomic E-state index is -1.07. The zero-order valence-electron chi connectivity index (χ0n) is 15.6. The van der Waals surface area contributed by atoms with E-state index in [-0.39, 0.29) is 6.10 Å². The molecule has 7 nitrogen and oxygen atoms in total. The Hall–Kier alpha value is -1.22. The first-order valence-electron chi connectivity index (χ1n) is 8.96. The topological polar surface area (TPSA) is 86.6 Å². The number of aliphatic hydroxyl groups is 2. The molecule has 0 aromatic heterocycles. The third-order valence-corrected chi connectivity index (χ3v) is 4.33. The molecule has 0 amide bonds. The van der Waals surface area contributed by atoms with Crippen molar-refractivity contribution in [1.82, 2.24) is 0 Å². The Balaban J connectivity index is 1.65. The molecule has 1 aromatic rings. The lowest BCUT2D eigenvalue weighted by Gasteiger charge is -2.28. The summed E-state index contributed by atoms with van der Waals surface area (Å²) in [6.45, 7) is 7.45. The summed E-state index contributed by atoms with van der Waals surface area (Å²) in [7, 11) is 0. The van der Waals surface area contributed by atoms with E-state index in [1.807, 2.05) is 38.1 Å². The summed E-state index contributed by atoms with van der Waals surface area (Å²) in [6.07, 6.45) is -3.29. The van der Waals surface area contributed by atoms with Crippen LogP contribution in [0.4, 0.5) is 0 Å². The molecule has 5 atom stereocenters. The van der Waals surface area contributed by atoms with Crippen LogP contribution < -0.4 is 4.74 Å². The van der Waals surface area contributed by atoms with Gasteiger partial charge in [0.15, 0.2) is 12.1 Å². The lowest BCUT2D eigenvalue weighted by molar-refractivity contribution is -0.232. The van der Waals surface area contributed by atoms with Crippen molar-refractivity contribution in [2.24, 2.45) is 0 Å². The van der Waals surface area contributed by atoms with Crippen molar-refractivity contribution < 1.29 is 33.9 Å². The summed E-state index contributed by atoms with van der Waals surface area (Å²) < 4.78 is 29.0. The van der Waals surface area contributed by atoms with Gasteiger partial charge in [0, 0.05) is 0 Å². The predicted molar refractivity (Wildman–Crippen MR) is 92.6 cm³/mol. The fourth-order valence-corrected chi connectivity index (χ4v) is 3.24. The van der Waals surface area contributed by atoms with Gasteiger partial charge in [0.1, 0.15) is 30.2 Å². The molecule has 0 radical (unpaired) electrons. The standard InChI is InChI=1S/C19H28O7/c1-11(2)23-13-7-5-12(6-8-13)10-22-16-15(14(21)9-20)24-18-17(16)25-19(3,4)26-18/h5-8,11,14-18,20-21H,9-10H2,1-4H3/t14-,15-,16+,17+,18+/m1/s1. The van der Waals surface area contributed by atoms with Crippen molar-refractivity contribution in [3.05, 3.63) is 29.8 Å². The van der Waals surface area contributed by atoms with Crippen LogP contribution in [0.2, 0.25) is 0 Å². The van der Waals surface area contributed by atoms with E-state index in [0.29, 0.717) is 6.61 Å². The maximum atomic E-state index is 10.0. The predicted octanol–water partition coefficient (Wildman–Crippen LogP) is 1.59. The van der Waals surface area contributed by atoms with Gasteiger partial charge in [0.2, 0.25) is 0 Å². The van der Waals surface area contributed by atoms with Crippen LogP contribution in [-0.4, -0.2) is 59.4 Å². The van der Waals surface area contributed by atoms with Gasteiger partial charge < -0.3 is 33.9 Å². The molecule has 2 saturated heterocycles. The number of hydrogen-bond acceptors (Lipinski definition) is 7. The number of ether oxygens (including phenoxy) is 5. The minimum Gasteiger partial charge on any atom is -0.491 e. The van der Waals surface area contributed by atoms with Crippen LogP contribution in [0.1, 0.15) is 33.3 Å². The Morgan fingerprint density at radius 1 is 1.15 bits per heavy atom. The van der Waals surface area contributed by atoms with E-state index in [0.717, 1.165) is 11.3 Å². The molecular formula is C19H28O7. The second-order valence-corrected chi connectivity index (χ2v) is 7.41. The monoisotopic (exact) mass is 368 g/mol. The zero-order chi connectivity index (χ0) is 18.9. The van der Waals surface area contributed by atoms with E-state index < -0.39 is 43.1 Å². The quantitative estimate of drug-likeness (QED) is 0.756. The van der Waals surface area contributed by atoms with Gasteiger partial charge in [-0.1, -0.05) is 12.1 Å². The molecule has 26 heavy (non-hydrogen) atoms. The van der Waals surface area contributed by atoms with Gasteiger partial charge in [-0.3, -0.25) is 0 Å². The first-order valence-corrected chi connectivity index (χ1v) is 8.96. The summed E-state index contributed by atoms with van der Waals surface area (Å²) in [4.78, 5) is 0. The first kappa shape index (κ1) is 19.5. The highest BCUT2D eigenvalue weighted by molar-refractivity contribution is 5.27. The molecule has 0 bridgehead atoms. The van der Waals surface area contributed by atoms with Crippen LogP contribution in [0, 0.1) is 0 Å². The summed E-state index contributed by atoms with van der Waals surface area (Å²) in [6, 6.07) is 7.65. The molecule has 2 aliphatic rings. The Morgan fingerprint density at radius 3 is 2.46 bits per heavy atom.